The van der Waals surface area contributed by atoms with Gasteiger partial charge in [-0.05, 0) is 106 Å². The van der Waals surface area contributed by atoms with E-state index in [4.69, 9.17) is 4.74 Å². The molecule has 41 heavy (non-hydrogen) atoms. The molecule has 0 amide bonds. The first-order chi connectivity index (χ1) is 19.3. The van der Waals surface area contributed by atoms with Crippen LogP contribution in [0.25, 0.3) is 0 Å². The van der Waals surface area contributed by atoms with E-state index in [1.165, 1.54) is 44.6 Å². The van der Waals surface area contributed by atoms with Gasteiger partial charge in [-0.3, -0.25) is 0 Å². The molecule has 2 bridgehead atoms. The maximum atomic E-state index is 6.33. The lowest BCUT2D eigenvalue weighted by atomic mass is 9.95. The Balaban J connectivity index is 1.82. The zero-order chi connectivity index (χ0) is 30.5. The van der Waals surface area contributed by atoms with Crippen molar-refractivity contribution in [3.63, 3.8) is 0 Å². The number of hydrogen-bond acceptors (Lipinski definition) is 1. The van der Waals surface area contributed by atoms with Crippen LogP contribution in [0.15, 0.2) is 142 Å². The maximum Gasteiger partial charge on any atom is 0.0918 e. The lowest BCUT2D eigenvalue weighted by Crippen LogP contribution is -2.36. The van der Waals surface area contributed by atoms with Gasteiger partial charge in [-0.1, -0.05) is 131 Å². The number of ether oxygens (including phenoxy) is 1. The molecule has 0 spiro atoms. The molecule has 0 aromatic rings. The fourth-order valence-corrected chi connectivity index (χ4v) is 5.18. The Morgan fingerprint density at radius 3 is 1.61 bits per heavy atom. The molecule has 0 saturated heterocycles. The molecule has 0 saturated carbocycles. The molecule has 1 atom stereocenters. The van der Waals surface area contributed by atoms with Gasteiger partial charge in [0.1, 0.15) is 0 Å². The third-order valence-corrected chi connectivity index (χ3v) is 7.56. The van der Waals surface area contributed by atoms with Gasteiger partial charge in [-0.15, -0.1) is 0 Å². The Labute approximate surface area is 252 Å². The van der Waals surface area contributed by atoms with E-state index in [9.17, 15) is 0 Å². The van der Waals surface area contributed by atoms with Crippen LogP contribution in [0, 0.1) is 0 Å². The predicted octanol–water partition coefficient (Wildman–Crippen LogP) is 11.9. The van der Waals surface area contributed by atoms with Crippen LogP contribution >= 0.6 is 0 Å². The predicted molar refractivity (Wildman–Crippen MR) is 183 cm³/mol. The topological polar surface area (TPSA) is 9.23 Å². The minimum absolute atomic E-state index is 0.116. The van der Waals surface area contributed by atoms with Crippen molar-refractivity contribution in [1.29, 1.82) is 0 Å². The normalized spacial score (nSPS) is 22.7. The highest BCUT2D eigenvalue weighted by Crippen LogP contribution is 2.53. The summed E-state index contributed by atoms with van der Waals surface area (Å²) < 4.78 is 6.33. The third kappa shape index (κ3) is 12.1. The van der Waals surface area contributed by atoms with E-state index in [-0.39, 0.29) is 11.2 Å². The van der Waals surface area contributed by atoms with Crippen molar-refractivity contribution < 1.29 is 4.74 Å². The molecule has 2 rings (SSSR count). The third-order valence-electron chi connectivity index (χ3n) is 7.56. The van der Waals surface area contributed by atoms with Gasteiger partial charge >= 0.3 is 0 Å². The standard InChI is InChI=1S/C40H54O/c1-31(2)17-13-20-34(5)23-15-25-35(6)24-14-21-32(3)18-11-12-19-33(4)22-16-26-36(7)27-28-38-37-29-30-40(38,10)41-39(37,8)9/h11-12,14-19,21-28H,13,20,29-30H2,1-10H3/b12-11+,21-14+,22-16+,25-15+,28-27+,32-18+,33-19+,34-23+,35-24+,36-26+. The molecule has 1 heteroatoms. The maximum absolute atomic E-state index is 6.33. The first kappa shape index (κ1) is 34.0. The van der Waals surface area contributed by atoms with Crippen LogP contribution in [0.3, 0.4) is 0 Å². The van der Waals surface area contributed by atoms with Gasteiger partial charge < -0.3 is 4.74 Å². The van der Waals surface area contributed by atoms with Crippen LogP contribution in [0.2, 0.25) is 0 Å². The largest absolute Gasteiger partial charge is 0.360 e. The van der Waals surface area contributed by atoms with E-state index in [2.05, 4.69) is 166 Å². The van der Waals surface area contributed by atoms with E-state index in [0.29, 0.717) is 0 Å². The zero-order valence-corrected chi connectivity index (χ0v) is 27.5. The minimum Gasteiger partial charge on any atom is -0.360 e. The molecule has 0 aromatic heterocycles. The SMILES string of the molecule is CC(C)=CCC/C(C)=C/C=C/C(C)=C/C=C/C(C)=C/C=C/C=C(C)/C=C/C=C(C)/C=C/C1=C2CCC1(C)OC2(C)C. The number of hydrogen-bond donors (Lipinski definition) is 0. The first-order valence-corrected chi connectivity index (χ1v) is 15.1. The molecule has 1 aliphatic carbocycles. The number of rotatable bonds is 13. The van der Waals surface area contributed by atoms with Crippen molar-refractivity contribution in [3.05, 3.63) is 142 Å². The quantitative estimate of drug-likeness (QED) is 0.164. The van der Waals surface area contributed by atoms with Crippen molar-refractivity contribution in [1.82, 2.24) is 0 Å². The van der Waals surface area contributed by atoms with Crippen LogP contribution < -0.4 is 0 Å². The molecule has 0 fully saturated rings. The van der Waals surface area contributed by atoms with Gasteiger partial charge in [-0.2, -0.15) is 0 Å². The average molecular weight is 551 g/mol. The highest BCUT2D eigenvalue weighted by atomic mass is 16.5. The second-order valence-electron chi connectivity index (χ2n) is 12.5. The molecule has 0 radical (unpaired) electrons. The van der Waals surface area contributed by atoms with Crippen LogP contribution in [0.5, 0.6) is 0 Å². The van der Waals surface area contributed by atoms with Crippen LogP contribution in [-0.2, 0) is 4.74 Å². The summed E-state index contributed by atoms with van der Waals surface area (Å²) in [4.78, 5) is 0. The summed E-state index contributed by atoms with van der Waals surface area (Å²) in [6.45, 7) is 21.6. The first-order valence-electron chi connectivity index (χ1n) is 15.1. The molecule has 0 aromatic carbocycles. The molecule has 1 aliphatic heterocycles. The summed E-state index contributed by atoms with van der Waals surface area (Å²) >= 11 is 0. The smallest absolute Gasteiger partial charge is 0.0918 e. The molecule has 220 valence electrons. The Morgan fingerprint density at radius 2 is 1.15 bits per heavy atom. The molecular formula is C40H54O. The molecule has 0 N–H and O–H groups in total. The van der Waals surface area contributed by atoms with E-state index in [1.54, 1.807) is 0 Å². The average Bonchev–Trinajstić information content (AvgIpc) is 3.30. The van der Waals surface area contributed by atoms with Crippen molar-refractivity contribution in [2.45, 2.75) is 106 Å². The van der Waals surface area contributed by atoms with Crippen LogP contribution in [-0.4, -0.2) is 11.2 Å². The van der Waals surface area contributed by atoms with E-state index in [1.807, 2.05) is 0 Å². The molecule has 1 heterocycles. The molecule has 2 aliphatic rings. The second kappa shape index (κ2) is 16.3. The highest BCUT2D eigenvalue weighted by Gasteiger charge is 2.51. The van der Waals surface area contributed by atoms with Gasteiger partial charge in [0.15, 0.2) is 0 Å². The Kier molecular flexibility index (Phi) is 13.6. The fourth-order valence-electron chi connectivity index (χ4n) is 5.18. The van der Waals surface area contributed by atoms with E-state index >= 15 is 0 Å². The summed E-state index contributed by atoms with van der Waals surface area (Å²) in [6.07, 6.45) is 39.1. The van der Waals surface area contributed by atoms with Crippen LogP contribution in [0.4, 0.5) is 0 Å². The van der Waals surface area contributed by atoms with Crippen molar-refractivity contribution in [2.24, 2.45) is 0 Å². The van der Waals surface area contributed by atoms with Crippen LogP contribution in [0.1, 0.15) is 94.9 Å². The van der Waals surface area contributed by atoms with Crippen molar-refractivity contribution >= 4 is 0 Å². The molecule has 1 unspecified atom stereocenters. The van der Waals surface area contributed by atoms with E-state index < -0.39 is 0 Å². The Bertz CT molecular complexity index is 1280. The highest BCUT2D eigenvalue weighted by molar-refractivity contribution is 5.48. The van der Waals surface area contributed by atoms with Crippen molar-refractivity contribution in [2.75, 3.05) is 0 Å². The summed E-state index contributed by atoms with van der Waals surface area (Å²) in [6, 6.07) is 0. The van der Waals surface area contributed by atoms with E-state index in [0.717, 1.165) is 25.7 Å². The lowest BCUT2D eigenvalue weighted by molar-refractivity contribution is -0.0856. The molecular weight excluding hydrogens is 496 g/mol. The fraction of sp³-hybridized carbons (Fsp3) is 0.400. The zero-order valence-electron chi connectivity index (χ0n) is 27.5. The van der Waals surface area contributed by atoms with Crippen molar-refractivity contribution in [3.8, 4) is 0 Å². The lowest BCUT2D eigenvalue weighted by Gasteiger charge is -2.34. The summed E-state index contributed by atoms with van der Waals surface area (Å²) in [5.41, 5.74) is 10.3. The van der Waals surface area contributed by atoms with Gasteiger partial charge in [0.05, 0.1) is 11.2 Å². The van der Waals surface area contributed by atoms with Gasteiger partial charge in [0.2, 0.25) is 0 Å². The number of allylic oxidation sites excluding steroid dienone is 21. The Morgan fingerprint density at radius 1 is 0.659 bits per heavy atom. The molecule has 1 nitrogen and oxygen atoms in total. The van der Waals surface area contributed by atoms with Gasteiger partial charge in [0.25, 0.3) is 0 Å². The minimum atomic E-state index is -0.126. The van der Waals surface area contributed by atoms with Gasteiger partial charge in [-0.25, -0.2) is 0 Å². The summed E-state index contributed by atoms with van der Waals surface area (Å²) in [7, 11) is 0. The summed E-state index contributed by atoms with van der Waals surface area (Å²) in [5, 5.41) is 0. The number of fused-ring (bicyclic) bond motifs is 1. The summed E-state index contributed by atoms with van der Waals surface area (Å²) in [5.74, 6) is 0. The Hall–Kier alpha value is -3.16. The second-order valence-corrected chi connectivity index (χ2v) is 12.5. The monoisotopic (exact) mass is 550 g/mol. The van der Waals surface area contributed by atoms with Gasteiger partial charge in [0, 0.05) is 0 Å².